The van der Waals surface area contributed by atoms with Crippen molar-refractivity contribution in [2.45, 2.75) is 44.2 Å². The summed E-state index contributed by atoms with van der Waals surface area (Å²) in [4.78, 5) is 0. The second kappa shape index (κ2) is 1.73. The molecule has 1 saturated heterocycles. The van der Waals surface area contributed by atoms with Crippen molar-refractivity contribution in [1.29, 1.82) is 0 Å². The van der Waals surface area contributed by atoms with E-state index < -0.39 is 0 Å². The van der Waals surface area contributed by atoms with Crippen molar-refractivity contribution in [3.05, 3.63) is 0 Å². The molecule has 1 heterocycles. The van der Waals surface area contributed by atoms with Crippen molar-refractivity contribution in [2.24, 2.45) is 0 Å². The van der Waals surface area contributed by atoms with E-state index >= 15 is 0 Å². The molecule has 1 N–H and O–H groups in total. The van der Waals surface area contributed by atoms with Gasteiger partial charge >= 0.3 is 0 Å². The standard InChI is InChI=1S/C7H13N/c1-2-4-6-7(8-6)5-3-1/h6-8H,1-5H2. The summed E-state index contributed by atoms with van der Waals surface area (Å²) in [6, 6.07) is 1.88. The third kappa shape index (κ3) is 0.752. The summed E-state index contributed by atoms with van der Waals surface area (Å²) in [5.41, 5.74) is 0. The van der Waals surface area contributed by atoms with Crippen LogP contribution in [-0.4, -0.2) is 12.1 Å². The van der Waals surface area contributed by atoms with E-state index in [1.165, 1.54) is 32.1 Å². The van der Waals surface area contributed by atoms with Gasteiger partial charge in [0.1, 0.15) is 0 Å². The minimum absolute atomic E-state index is 0.942. The predicted octanol–water partition coefficient (Wildman–Crippen LogP) is 1.29. The first-order valence-electron chi connectivity index (χ1n) is 3.73. The van der Waals surface area contributed by atoms with Gasteiger partial charge < -0.3 is 5.32 Å². The van der Waals surface area contributed by atoms with E-state index in [0.717, 1.165) is 12.1 Å². The van der Waals surface area contributed by atoms with Gasteiger partial charge in [0.2, 0.25) is 0 Å². The molecule has 1 saturated carbocycles. The summed E-state index contributed by atoms with van der Waals surface area (Å²) in [5.74, 6) is 0. The van der Waals surface area contributed by atoms with Crippen LogP contribution in [0.5, 0.6) is 0 Å². The summed E-state index contributed by atoms with van der Waals surface area (Å²) in [7, 11) is 0. The minimum Gasteiger partial charge on any atom is -0.308 e. The van der Waals surface area contributed by atoms with Crippen molar-refractivity contribution in [3.8, 4) is 0 Å². The fourth-order valence-corrected chi connectivity index (χ4v) is 1.69. The van der Waals surface area contributed by atoms with Gasteiger partial charge in [0.25, 0.3) is 0 Å². The largest absolute Gasteiger partial charge is 0.308 e. The molecule has 0 spiro atoms. The monoisotopic (exact) mass is 111 g/mol. The molecule has 1 aliphatic heterocycles. The number of hydrogen-bond acceptors (Lipinski definition) is 1. The van der Waals surface area contributed by atoms with Crippen molar-refractivity contribution in [2.75, 3.05) is 0 Å². The summed E-state index contributed by atoms with van der Waals surface area (Å²) in [6.07, 6.45) is 7.31. The Labute approximate surface area is 50.5 Å². The van der Waals surface area contributed by atoms with Crippen LogP contribution in [0.1, 0.15) is 32.1 Å². The predicted molar refractivity (Wildman–Crippen MR) is 33.8 cm³/mol. The molecule has 0 radical (unpaired) electrons. The van der Waals surface area contributed by atoms with E-state index in [0.29, 0.717) is 0 Å². The molecule has 2 aliphatic rings. The highest BCUT2D eigenvalue weighted by molar-refractivity contribution is 4.98. The molecule has 1 aliphatic carbocycles. The Morgan fingerprint density at radius 2 is 1.50 bits per heavy atom. The molecule has 2 unspecified atom stereocenters. The van der Waals surface area contributed by atoms with Crippen LogP contribution >= 0.6 is 0 Å². The van der Waals surface area contributed by atoms with Gasteiger partial charge in [-0.1, -0.05) is 19.3 Å². The Morgan fingerprint density at radius 1 is 0.875 bits per heavy atom. The molecular weight excluding hydrogens is 98.1 g/mol. The van der Waals surface area contributed by atoms with E-state index in [4.69, 9.17) is 0 Å². The zero-order valence-electron chi connectivity index (χ0n) is 5.19. The Balaban J connectivity index is 1.89. The van der Waals surface area contributed by atoms with Gasteiger partial charge in [-0.3, -0.25) is 0 Å². The van der Waals surface area contributed by atoms with Gasteiger partial charge in [0.05, 0.1) is 0 Å². The van der Waals surface area contributed by atoms with E-state index in [1.807, 2.05) is 0 Å². The minimum atomic E-state index is 0.942. The van der Waals surface area contributed by atoms with E-state index in [9.17, 15) is 0 Å². The van der Waals surface area contributed by atoms with Crippen LogP contribution in [0.2, 0.25) is 0 Å². The Kier molecular flexibility index (Phi) is 1.04. The van der Waals surface area contributed by atoms with E-state index in [1.54, 1.807) is 0 Å². The fraction of sp³-hybridized carbons (Fsp3) is 1.00. The first kappa shape index (κ1) is 4.80. The molecule has 2 atom stereocenters. The molecule has 0 amide bonds. The fourth-order valence-electron chi connectivity index (χ4n) is 1.69. The van der Waals surface area contributed by atoms with Gasteiger partial charge in [-0.15, -0.1) is 0 Å². The second-order valence-corrected chi connectivity index (χ2v) is 3.02. The van der Waals surface area contributed by atoms with Crippen LogP contribution in [0.4, 0.5) is 0 Å². The molecule has 2 fully saturated rings. The van der Waals surface area contributed by atoms with E-state index in [2.05, 4.69) is 5.32 Å². The normalized spacial score (nSPS) is 45.0. The number of hydrogen-bond donors (Lipinski definition) is 1. The number of fused-ring (bicyclic) bond motifs is 1. The lowest BCUT2D eigenvalue weighted by Gasteiger charge is -1.91. The van der Waals surface area contributed by atoms with Crippen LogP contribution in [0.3, 0.4) is 0 Å². The van der Waals surface area contributed by atoms with Crippen LogP contribution in [0, 0.1) is 0 Å². The molecule has 0 bridgehead atoms. The summed E-state index contributed by atoms with van der Waals surface area (Å²) in [5, 5.41) is 3.47. The maximum Gasteiger partial charge on any atom is 0.0224 e. The van der Waals surface area contributed by atoms with Gasteiger partial charge in [-0.2, -0.15) is 0 Å². The Bertz CT molecular complexity index is 80.4. The zero-order chi connectivity index (χ0) is 5.40. The molecule has 1 nitrogen and oxygen atoms in total. The molecule has 8 heavy (non-hydrogen) atoms. The first-order chi connectivity index (χ1) is 3.97. The summed E-state index contributed by atoms with van der Waals surface area (Å²) in [6.45, 7) is 0. The highest BCUT2D eigenvalue weighted by atomic mass is 15.1. The quantitative estimate of drug-likeness (QED) is 0.467. The molecule has 0 aromatic rings. The topological polar surface area (TPSA) is 21.9 Å². The highest BCUT2D eigenvalue weighted by Crippen LogP contribution is 2.26. The molecule has 46 valence electrons. The lowest BCUT2D eigenvalue weighted by molar-refractivity contribution is 0.650. The Morgan fingerprint density at radius 3 is 2.12 bits per heavy atom. The second-order valence-electron chi connectivity index (χ2n) is 3.02. The van der Waals surface area contributed by atoms with Crippen LogP contribution in [0.15, 0.2) is 0 Å². The third-order valence-corrected chi connectivity index (χ3v) is 2.33. The van der Waals surface area contributed by atoms with Gasteiger partial charge in [0, 0.05) is 12.1 Å². The smallest absolute Gasteiger partial charge is 0.0224 e. The van der Waals surface area contributed by atoms with Crippen LogP contribution in [-0.2, 0) is 0 Å². The maximum atomic E-state index is 3.47. The molecule has 0 aromatic carbocycles. The molecule has 0 aromatic heterocycles. The maximum absolute atomic E-state index is 3.47. The lowest BCUT2D eigenvalue weighted by Crippen LogP contribution is -1.87. The first-order valence-corrected chi connectivity index (χ1v) is 3.73. The van der Waals surface area contributed by atoms with Gasteiger partial charge in [-0.25, -0.2) is 0 Å². The van der Waals surface area contributed by atoms with Crippen LogP contribution < -0.4 is 5.32 Å². The lowest BCUT2D eigenvalue weighted by atomic mass is 10.2. The summed E-state index contributed by atoms with van der Waals surface area (Å²) >= 11 is 0. The van der Waals surface area contributed by atoms with Gasteiger partial charge in [-0.05, 0) is 12.8 Å². The van der Waals surface area contributed by atoms with Crippen molar-refractivity contribution < 1.29 is 0 Å². The summed E-state index contributed by atoms with van der Waals surface area (Å²) < 4.78 is 0. The average molecular weight is 111 g/mol. The van der Waals surface area contributed by atoms with Crippen molar-refractivity contribution in [1.82, 2.24) is 5.32 Å². The zero-order valence-corrected chi connectivity index (χ0v) is 5.19. The Hall–Kier alpha value is -0.0400. The SMILES string of the molecule is C1CCC2NC2CC1. The third-order valence-electron chi connectivity index (χ3n) is 2.33. The van der Waals surface area contributed by atoms with Crippen molar-refractivity contribution >= 4 is 0 Å². The molecule has 1 heteroatoms. The van der Waals surface area contributed by atoms with Gasteiger partial charge in [0.15, 0.2) is 0 Å². The average Bonchev–Trinajstić information content (AvgIpc) is 2.36. The number of rotatable bonds is 0. The van der Waals surface area contributed by atoms with E-state index in [-0.39, 0.29) is 0 Å². The van der Waals surface area contributed by atoms with Crippen molar-refractivity contribution in [3.63, 3.8) is 0 Å². The molecular formula is C7H13N. The van der Waals surface area contributed by atoms with Crippen LogP contribution in [0.25, 0.3) is 0 Å². The molecule has 2 rings (SSSR count). The highest BCUT2D eigenvalue weighted by Gasteiger charge is 2.35. The number of nitrogens with one attached hydrogen (secondary N) is 1.